The summed E-state index contributed by atoms with van der Waals surface area (Å²) in [5.41, 5.74) is 3.08. The second-order valence-corrected chi connectivity index (χ2v) is 7.02. The summed E-state index contributed by atoms with van der Waals surface area (Å²) in [7, 11) is 0. The molecule has 4 aromatic rings. The molecule has 0 saturated carbocycles. The third-order valence-corrected chi connectivity index (χ3v) is 4.99. The molecule has 0 unspecified atom stereocenters. The Kier molecular flexibility index (Phi) is 4.95. The van der Waals surface area contributed by atoms with Crippen LogP contribution in [0, 0.1) is 0 Å². The van der Waals surface area contributed by atoms with Gasteiger partial charge in [-0.15, -0.1) is 11.3 Å². The summed E-state index contributed by atoms with van der Waals surface area (Å²) < 4.78 is 1.68. The molecule has 0 radical (unpaired) electrons. The number of nitrogens with one attached hydrogen (secondary N) is 1. The third kappa shape index (κ3) is 4.05. The monoisotopic (exact) mass is 395 g/mol. The first-order chi connectivity index (χ1) is 13.2. The van der Waals surface area contributed by atoms with Crippen LogP contribution in [0.4, 0.5) is 5.13 Å². The average molecular weight is 396 g/mol. The summed E-state index contributed by atoms with van der Waals surface area (Å²) in [5.74, 6) is -0.257. The first-order valence-electron chi connectivity index (χ1n) is 8.12. The Bertz CT molecular complexity index is 1080. The van der Waals surface area contributed by atoms with E-state index in [0.29, 0.717) is 22.3 Å². The average Bonchev–Trinajstić information content (AvgIpc) is 3.34. The highest BCUT2D eigenvalue weighted by molar-refractivity contribution is 7.14. The van der Waals surface area contributed by atoms with Crippen molar-refractivity contribution in [2.75, 3.05) is 5.32 Å². The largest absolute Gasteiger partial charge is 0.298 e. The maximum absolute atomic E-state index is 12.5. The zero-order valence-electron chi connectivity index (χ0n) is 14.0. The number of nitrogens with zero attached hydrogens (tertiary/aromatic N) is 4. The van der Waals surface area contributed by atoms with Crippen LogP contribution in [0.15, 0.2) is 66.6 Å². The smallest absolute Gasteiger partial charge is 0.260 e. The van der Waals surface area contributed by atoms with Crippen LogP contribution in [0.3, 0.4) is 0 Å². The van der Waals surface area contributed by atoms with E-state index in [9.17, 15) is 4.79 Å². The lowest BCUT2D eigenvalue weighted by molar-refractivity contribution is 0.102. The van der Waals surface area contributed by atoms with Crippen molar-refractivity contribution in [2.24, 2.45) is 0 Å². The maximum atomic E-state index is 12.5. The van der Waals surface area contributed by atoms with Gasteiger partial charge in [0.1, 0.15) is 0 Å². The summed E-state index contributed by atoms with van der Waals surface area (Å²) in [6.45, 7) is 0.495. The number of amides is 1. The highest BCUT2D eigenvalue weighted by Gasteiger charge is 2.12. The van der Waals surface area contributed by atoms with E-state index >= 15 is 0 Å². The van der Waals surface area contributed by atoms with Crippen molar-refractivity contribution in [3.8, 4) is 11.3 Å². The molecule has 0 aliphatic carbocycles. The minimum atomic E-state index is -0.257. The molecular formula is C19H14ClN5OS. The summed E-state index contributed by atoms with van der Waals surface area (Å²) in [6, 6.07) is 11.3. The molecule has 0 saturated heterocycles. The van der Waals surface area contributed by atoms with E-state index in [2.05, 4.69) is 20.4 Å². The standard InChI is InChI=1S/C19H14ClN5OS/c20-16-6-2-1-4-14(16)10-25-11-15(9-22-25)18(26)24-19-23-17(12-27-19)13-5-3-7-21-8-13/h1-9,11-12H,10H2,(H,23,24,26). The van der Waals surface area contributed by atoms with Gasteiger partial charge >= 0.3 is 0 Å². The van der Waals surface area contributed by atoms with E-state index in [4.69, 9.17) is 11.6 Å². The number of thiazole rings is 1. The molecular weight excluding hydrogens is 382 g/mol. The van der Waals surface area contributed by atoms with Gasteiger partial charge in [-0.2, -0.15) is 5.10 Å². The lowest BCUT2D eigenvalue weighted by Gasteiger charge is -2.03. The fourth-order valence-corrected chi connectivity index (χ4v) is 3.43. The fraction of sp³-hybridized carbons (Fsp3) is 0.0526. The van der Waals surface area contributed by atoms with Gasteiger partial charge in [-0.25, -0.2) is 4.98 Å². The predicted octanol–water partition coefficient (Wildman–Crippen LogP) is 4.36. The lowest BCUT2D eigenvalue weighted by Crippen LogP contribution is -2.11. The Morgan fingerprint density at radius 2 is 2.07 bits per heavy atom. The SMILES string of the molecule is O=C(Nc1nc(-c2cccnc2)cs1)c1cnn(Cc2ccccc2Cl)c1. The molecule has 6 nitrogen and oxygen atoms in total. The maximum Gasteiger partial charge on any atom is 0.260 e. The van der Waals surface area contributed by atoms with Gasteiger partial charge < -0.3 is 0 Å². The number of rotatable bonds is 5. The first kappa shape index (κ1) is 17.4. The second kappa shape index (κ2) is 7.69. The van der Waals surface area contributed by atoms with Gasteiger partial charge in [0.05, 0.1) is 24.0 Å². The quantitative estimate of drug-likeness (QED) is 0.545. The number of carbonyl (C=O) groups excluding carboxylic acids is 1. The van der Waals surface area contributed by atoms with Gasteiger partial charge in [0.2, 0.25) is 0 Å². The van der Waals surface area contributed by atoms with E-state index in [1.54, 1.807) is 23.3 Å². The number of halogens is 1. The van der Waals surface area contributed by atoms with Gasteiger partial charge in [-0.3, -0.25) is 19.8 Å². The van der Waals surface area contributed by atoms with Crippen molar-refractivity contribution < 1.29 is 4.79 Å². The van der Waals surface area contributed by atoms with Crippen molar-refractivity contribution in [1.82, 2.24) is 19.7 Å². The molecule has 0 spiro atoms. The van der Waals surface area contributed by atoms with Gasteiger partial charge in [-0.05, 0) is 23.8 Å². The van der Waals surface area contributed by atoms with Crippen LogP contribution in [0.5, 0.6) is 0 Å². The zero-order valence-corrected chi connectivity index (χ0v) is 15.6. The van der Waals surface area contributed by atoms with Crippen molar-refractivity contribution in [2.45, 2.75) is 6.54 Å². The molecule has 1 N–H and O–H groups in total. The summed E-state index contributed by atoms with van der Waals surface area (Å²) in [4.78, 5) is 21.0. The van der Waals surface area contributed by atoms with E-state index in [-0.39, 0.29) is 5.91 Å². The van der Waals surface area contributed by atoms with E-state index < -0.39 is 0 Å². The van der Waals surface area contributed by atoms with E-state index in [1.807, 2.05) is 41.8 Å². The number of pyridine rings is 1. The minimum absolute atomic E-state index is 0.257. The van der Waals surface area contributed by atoms with E-state index in [1.165, 1.54) is 17.5 Å². The minimum Gasteiger partial charge on any atom is -0.298 e. The molecule has 134 valence electrons. The summed E-state index contributed by atoms with van der Waals surface area (Å²) in [5, 5.41) is 10.1. The molecule has 0 bridgehead atoms. The van der Waals surface area contributed by atoms with Gasteiger partial charge in [0.25, 0.3) is 5.91 Å². The predicted molar refractivity (Wildman–Crippen MR) is 106 cm³/mol. The van der Waals surface area contributed by atoms with Crippen LogP contribution in [0.2, 0.25) is 5.02 Å². The Morgan fingerprint density at radius 3 is 2.89 bits per heavy atom. The summed E-state index contributed by atoms with van der Waals surface area (Å²) in [6.07, 6.45) is 6.66. The Balaban J connectivity index is 1.44. The van der Waals surface area contributed by atoms with Crippen molar-refractivity contribution in [3.05, 3.63) is 82.7 Å². The van der Waals surface area contributed by atoms with Crippen LogP contribution in [0.1, 0.15) is 15.9 Å². The molecule has 3 heterocycles. The normalized spacial score (nSPS) is 10.7. The van der Waals surface area contributed by atoms with Gasteiger partial charge in [0, 0.05) is 34.6 Å². The number of hydrogen-bond donors (Lipinski definition) is 1. The molecule has 0 fully saturated rings. The molecule has 0 aliphatic rings. The molecule has 3 aromatic heterocycles. The fourth-order valence-electron chi connectivity index (χ4n) is 2.52. The molecule has 0 atom stereocenters. The third-order valence-electron chi connectivity index (χ3n) is 3.87. The zero-order chi connectivity index (χ0) is 18.6. The van der Waals surface area contributed by atoms with E-state index in [0.717, 1.165) is 16.8 Å². The Morgan fingerprint density at radius 1 is 1.19 bits per heavy atom. The van der Waals surface area contributed by atoms with Gasteiger partial charge in [0.15, 0.2) is 5.13 Å². The van der Waals surface area contributed by atoms with Crippen LogP contribution in [0.25, 0.3) is 11.3 Å². The topological polar surface area (TPSA) is 72.7 Å². The number of benzene rings is 1. The van der Waals surface area contributed by atoms with Gasteiger partial charge in [-0.1, -0.05) is 29.8 Å². The molecule has 0 aliphatic heterocycles. The Hall–Kier alpha value is -3.03. The Labute approximate surface area is 164 Å². The van der Waals surface area contributed by atoms with Crippen LogP contribution in [-0.4, -0.2) is 25.7 Å². The molecule has 1 amide bonds. The molecule has 4 rings (SSSR count). The number of aromatic nitrogens is 4. The van der Waals surface area contributed by atoms with Crippen molar-refractivity contribution in [1.29, 1.82) is 0 Å². The number of carbonyl (C=O) groups is 1. The highest BCUT2D eigenvalue weighted by Crippen LogP contribution is 2.24. The molecule has 1 aromatic carbocycles. The lowest BCUT2D eigenvalue weighted by atomic mass is 10.2. The number of anilines is 1. The first-order valence-corrected chi connectivity index (χ1v) is 9.38. The second-order valence-electron chi connectivity index (χ2n) is 5.75. The summed E-state index contributed by atoms with van der Waals surface area (Å²) >= 11 is 7.54. The molecule has 27 heavy (non-hydrogen) atoms. The number of hydrogen-bond acceptors (Lipinski definition) is 5. The van der Waals surface area contributed by atoms with Crippen LogP contribution >= 0.6 is 22.9 Å². The van der Waals surface area contributed by atoms with Crippen LogP contribution in [-0.2, 0) is 6.54 Å². The highest BCUT2D eigenvalue weighted by atomic mass is 35.5. The van der Waals surface area contributed by atoms with Crippen LogP contribution < -0.4 is 5.32 Å². The molecule has 8 heteroatoms. The van der Waals surface area contributed by atoms with Crippen molar-refractivity contribution >= 4 is 34.0 Å². The van der Waals surface area contributed by atoms with Crippen molar-refractivity contribution in [3.63, 3.8) is 0 Å².